The van der Waals surface area contributed by atoms with Gasteiger partial charge in [0.25, 0.3) is 0 Å². The maximum atomic E-state index is 12.3. The van der Waals surface area contributed by atoms with Crippen LogP contribution in [0.2, 0.25) is 0 Å². The Hall–Kier alpha value is -3.62. The number of nitrogens with zero attached hydrogens (tertiary/aromatic N) is 3. The van der Waals surface area contributed by atoms with Gasteiger partial charge < -0.3 is 15.4 Å². The van der Waals surface area contributed by atoms with Crippen LogP contribution in [0, 0.1) is 0 Å². The lowest BCUT2D eigenvalue weighted by Crippen LogP contribution is -2.47. The van der Waals surface area contributed by atoms with Crippen LogP contribution in [0.25, 0.3) is 16.9 Å². The zero-order valence-corrected chi connectivity index (χ0v) is 16.0. The summed E-state index contributed by atoms with van der Waals surface area (Å²) in [7, 11) is 1.62. The van der Waals surface area contributed by atoms with Crippen molar-refractivity contribution in [2.24, 2.45) is 0 Å². The molecule has 9 heteroatoms. The van der Waals surface area contributed by atoms with Crippen molar-refractivity contribution in [3.05, 3.63) is 42.6 Å². The molecular weight excluding hydrogens is 372 g/mol. The van der Waals surface area contributed by atoms with Crippen LogP contribution < -0.4 is 20.7 Å². The Morgan fingerprint density at radius 1 is 1.28 bits per heavy atom. The molecule has 1 atom stereocenters. The molecule has 1 saturated heterocycles. The van der Waals surface area contributed by atoms with Crippen LogP contribution in [0.3, 0.4) is 0 Å². The summed E-state index contributed by atoms with van der Waals surface area (Å²) in [5.41, 5.74) is 2.26. The van der Waals surface area contributed by atoms with Crippen LogP contribution in [0.15, 0.2) is 42.6 Å². The van der Waals surface area contributed by atoms with Gasteiger partial charge in [0.05, 0.1) is 19.0 Å². The average molecular weight is 394 g/mol. The van der Waals surface area contributed by atoms with Gasteiger partial charge in [0, 0.05) is 12.1 Å². The zero-order valence-electron chi connectivity index (χ0n) is 16.0. The first-order valence-corrected chi connectivity index (χ1v) is 9.48. The van der Waals surface area contributed by atoms with Crippen molar-refractivity contribution in [3.8, 4) is 17.0 Å². The molecule has 0 aliphatic carbocycles. The van der Waals surface area contributed by atoms with E-state index in [1.165, 1.54) is 0 Å². The number of carbonyl (C=O) groups is 2. The lowest BCUT2D eigenvalue weighted by molar-refractivity contribution is -0.122. The molecule has 1 aromatic carbocycles. The van der Waals surface area contributed by atoms with Crippen LogP contribution >= 0.6 is 0 Å². The van der Waals surface area contributed by atoms with Gasteiger partial charge >= 0.3 is 6.03 Å². The zero-order chi connectivity index (χ0) is 20.2. The number of methoxy groups -OCH3 is 1. The lowest BCUT2D eigenvalue weighted by atomic mass is 10.1. The van der Waals surface area contributed by atoms with Crippen molar-refractivity contribution in [1.29, 1.82) is 0 Å². The minimum absolute atomic E-state index is 0.155. The number of imidazole rings is 1. The molecular formula is C20H22N6O3. The van der Waals surface area contributed by atoms with E-state index in [2.05, 4.69) is 26.0 Å². The normalized spacial score (nSPS) is 16.7. The quantitative estimate of drug-likeness (QED) is 0.628. The summed E-state index contributed by atoms with van der Waals surface area (Å²) in [5, 5.41) is 12.7. The van der Waals surface area contributed by atoms with E-state index < -0.39 is 12.1 Å². The molecule has 1 aliphatic heterocycles. The van der Waals surface area contributed by atoms with Crippen LogP contribution in [0.5, 0.6) is 5.75 Å². The second-order valence-electron chi connectivity index (χ2n) is 6.82. The number of ether oxygens (including phenoxy) is 1. The van der Waals surface area contributed by atoms with Crippen LogP contribution in [0.1, 0.15) is 19.3 Å². The first-order chi connectivity index (χ1) is 14.1. The molecule has 3 heterocycles. The first-order valence-electron chi connectivity index (χ1n) is 9.48. The van der Waals surface area contributed by atoms with Crippen LogP contribution in [0.4, 0.5) is 10.6 Å². The molecule has 3 N–H and O–H groups in total. The summed E-state index contributed by atoms with van der Waals surface area (Å²) < 4.78 is 6.86. The minimum atomic E-state index is -0.535. The van der Waals surface area contributed by atoms with Crippen LogP contribution in [-0.4, -0.2) is 46.2 Å². The molecule has 3 amide bonds. The van der Waals surface area contributed by atoms with Crippen molar-refractivity contribution in [3.63, 3.8) is 0 Å². The van der Waals surface area contributed by atoms with Crippen molar-refractivity contribution < 1.29 is 14.3 Å². The van der Waals surface area contributed by atoms with Gasteiger partial charge in [0.2, 0.25) is 5.91 Å². The van der Waals surface area contributed by atoms with E-state index in [1.54, 1.807) is 17.8 Å². The molecule has 150 valence electrons. The number of hydrogen-bond acceptors (Lipinski definition) is 5. The molecule has 0 radical (unpaired) electrons. The number of nitrogens with one attached hydrogen (secondary N) is 3. The molecule has 0 bridgehead atoms. The van der Waals surface area contributed by atoms with Crippen LogP contribution in [-0.2, 0) is 4.79 Å². The number of benzene rings is 1. The van der Waals surface area contributed by atoms with Gasteiger partial charge in [-0.1, -0.05) is 12.1 Å². The van der Waals surface area contributed by atoms with E-state index in [0.717, 1.165) is 29.8 Å². The van der Waals surface area contributed by atoms with Crippen molar-refractivity contribution in [1.82, 2.24) is 25.2 Å². The summed E-state index contributed by atoms with van der Waals surface area (Å²) in [4.78, 5) is 28.6. The predicted molar refractivity (Wildman–Crippen MR) is 108 cm³/mol. The summed E-state index contributed by atoms with van der Waals surface area (Å²) in [6, 6.07) is 10.3. The van der Waals surface area contributed by atoms with Gasteiger partial charge in [-0.05, 0) is 43.5 Å². The molecule has 1 fully saturated rings. The maximum absolute atomic E-state index is 12.3. The molecule has 29 heavy (non-hydrogen) atoms. The fraction of sp³-hybridized carbons (Fsp3) is 0.300. The highest BCUT2D eigenvalue weighted by molar-refractivity contribution is 5.93. The van der Waals surface area contributed by atoms with Gasteiger partial charge in [-0.2, -0.15) is 5.10 Å². The molecule has 0 saturated carbocycles. The Morgan fingerprint density at radius 2 is 2.17 bits per heavy atom. The van der Waals surface area contributed by atoms with E-state index in [0.29, 0.717) is 24.4 Å². The number of fused-ring (bicyclic) bond motifs is 1. The van der Waals surface area contributed by atoms with Gasteiger partial charge in [-0.25, -0.2) is 14.3 Å². The van der Waals surface area contributed by atoms with Gasteiger partial charge in [0.1, 0.15) is 11.8 Å². The van der Waals surface area contributed by atoms with E-state index >= 15 is 0 Å². The topological polar surface area (TPSA) is 110 Å². The molecule has 3 aromatic rings. The highest BCUT2D eigenvalue weighted by atomic mass is 16.5. The molecule has 0 spiro atoms. The minimum Gasteiger partial charge on any atom is -0.497 e. The fourth-order valence-corrected chi connectivity index (χ4v) is 3.27. The third-order valence-electron chi connectivity index (χ3n) is 4.77. The number of carbonyl (C=O) groups excluding carboxylic acids is 2. The number of aromatic nitrogens is 3. The smallest absolute Gasteiger partial charge is 0.321 e. The number of anilines is 1. The Morgan fingerprint density at radius 3 is 3.03 bits per heavy atom. The molecule has 9 nitrogen and oxygen atoms in total. The molecule has 1 unspecified atom stereocenters. The highest BCUT2D eigenvalue weighted by Gasteiger charge is 2.22. The standard InChI is InChI=1S/C20H22N6O3/c1-29-14-6-4-5-13(11-14)15-8-9-18-23-17(12-26(18)25-15)24-20(28)22-16-7-2-3-10-21-19(16)27/h4-6,8-9,11-12,16H,2-3,7,10H2,1H3,(H,21,27)(H2,22,24,28). The highest BCUT2D eigenvalue weighted by Crippen LogP contribution is 2.22. The lowest BCUT2D eigenvalue weighted by Gasteiger charge is -2.14. The van der Waals surface area contributed by atoms with E-state index in [4.69, 9.17) is 4.74 Å². The Kier molecular flexibility index (Phi) is 5.28. The van der Waals surface area contributed by atoms with E-state index in [-0.39, 0.29) is 5.91 Å². The summed E-state index contributed by atoms with van der Waals surface area (Å²) in [6.45, 7) is 0.645. The van der Waals surface area contributed by atoms with Gasteiger partial charge in [-0.15, -0.1) is 0 Å². The molecule has 4 rings (SSSR count). The number of amides is 3. The van der Waals surface area contributed by atoms with Crippen molar-refractivity contribution in [2.75, 3.05) is 19.0 Å². The predicted octanol–water partition coefficient (Wildman–Crippen LogP) is 2.20. The summed E-state index contributed by atoms with van der Waals surface area (Å²) >= 11 is 0. The van der Waals surface area contributed by atoms with Gasteiger partial charge in [0.15, 0.2) is 11.5 Å². The molecule has 1 aliphatic rings. The summed E-state index contributed by atoms with van der Waals surface area (Å²) in [5.74, 6) is 0.945. The summed E-state index contributed by atoms with van der Waals surface area (Å²) in [6.07, 6.45) is 4.05. The second-order valence-corrected chi connectivity index (χ2v) is 6.82. The van der Waals surface area contributed by atoms with E-state index in [9.17, 15) is 9.59 Å². The van der Waals surface area contributed by atoms with Crippen molar-refractivity contribution in [2.45, 2.75) is 25.3 Å². The fourth-order valence-electron chi connectivity index (χ4n) is 3.27. The first kappa shape index (κ1) is 18.7. The molecule has 2 aromatic heterocycles. The third-order valence-corrected chi connectivity index (χ3v) is 4.77. The maximum Gasteiger partial charge on any atom is 0.321 e. The second kappa shape index (κ2) is 8.17. The SMILES string of the molecule is COc1cccc(-c2ccc3nc(NC(=O)NC4CCCCNC4=O)cn3n2)c1. The van der Waals surface area contributed by atoms with E-state index in [1.807, 2.05) is 36.4 Å². The largest absolute Gasteiger partial charge is 0.497 e. The number of urea groups is 1. The van der Waals surface area contributed by atoms with Gasteiger partial charge in [-0.3, -0.25) is 10.1 Å². The monoisotopic (exact) mass is 394 g/mol. The van der Waals surface area contributed by atoms with Crippen molar-refractivity contribution >= 4 is 23.4 Å². The number of hydrogen-bond donors (Lipinski definition) is 3. The Bertz CT molecular complexity index is 1050. The Balaban J connectivity index is 1.48. The Labute approximate surface area is 167 Å². The number of rotatable bonds is 4. The average Bonchev–Trinajstić information content (AvgIpc) is 3.02. The third kappa shape index (κ3) is 4.29.